The van der Waals surface area contributed by atoms with Gasteiger partial charge in [-0.25, -0.2) is 4.79 Å². The van der Waals surface area contributed by atoms with Crippen molar-refractivity contribution >= 4 is 35.4 Å². The number of hydrogen-bond donors (Lipinski definition) is 2. The molecule has 5 amide bonds. The summed E-state index contributed by atoms with van der Waals surface area (Å²) in [4.78, 5) is 70.6. The van der Waals surface area contributed by atoms with E-state index in [1.54, 1.807) is 12.1 Å². The highest BCUT2D eigenvalue weighted by Gasteiger charge is 2.41. The number of nitro groups is 1. The number of benzene rings is 1. The van der Waals surface area contributed by atoms with Crippen LogP contribution in [-0.4, -0.2) is 52.7 Å². The smallest absolute Gasteiger partial charge is 0.326 e. The topological polar surface area (TPSA) is 178 Å². The molecule has 0 aliphatic carbocycles. The summed E-state index contributed by atoms with van der Waals surface area (Å²) in [6.45, 7) is -1.68. The van der Waals surface area contributed by atoms with Gasteiger partial charge in [0.05, 0.1) is 23.3 Å². The summed E-state index contributed by atoms with van der Waals surface area (Å²) in [5, 5.41) is 15.3. The van der Waals surface area contributed by atoms with E-state index < -0.39 is 59.0 Å². The normalized spacial score (nSPS) is 12.3. The lowest BCUT2D eigenvalue weighted by atomic mass is 10.1. The van der Waals surface area contributed by atoms with Gasteiger partial charge in [-0.1, -0.05) is 6.07 Å². The highest BCUT2D eigenvalue weighted by Crippen LogP contribution is 2.30. The van der Waals surface area contributed by atoms with E-state index >= 15 is 0 Å². The molecule has 3 rings (SSSR count). The first-order chi connectivity index (χ1) is 14.8. The molecule has 1 aliphatic rings. The second kappa shape index (κ2) is 8.86. The van der Waals surface area contributed by atoms with E-state index in [4.69, 9.17) is 4.42 Å². The zero-order valence-corrected chi connectivity index (χ0v) is 15.7. The fourth-order valence-electron chi connectivity index (χ4n) is 2.72. The fraction of sp³-hybridized carbons (Fsp3) is 0.167. The first kappa shape index (κ1) is 21.2. The summed E-state index contributed by atoms with van der Waals surface area (Å²) in [6.07, 6.45) is 1.41. The molecule has 0 radical (unpaired) electrons. The number of fused-ring (bicyclic) bond motifs is 1. The van der Waals surface area contributed by atoms with Crippen LogP contribution >= 0.6 is 0 Å². The van der Waals surface area contributed by atoms with E-state index in [1.807, 2.05) is 5.32 Å². The Morgan fingerprint density at radius 3 is 2.58 bits per heavy atom. The maximum absolute atomic E-state index is 12.4. The number of ether oxygens (including phenoxy) is 1. The van der Waals surface area contributed by atoms with Gasteiger partial charge in [-0.3, -0.25) is 39.5 Å². The number of amides is 5. The van der Waals surface area contributed by atoms with Crippen molar-refractivity contribution in [1.82, 2.24) is 15.5 Å². The Kier molecular flexibility index (Phi) is 6.05. The minimum atomic E-state index is -1.12. The summed E-state index contributed by atoms with van der Waals surface area (Å²) in [5.41, 5.74) is -1.19. The molecule has 13 heteroatoms. The van der Waals surface area contributed by atoms with Gasteiger partial charge >= 0.3 is 12.0 Å². The highest BCUT2D eigenvalue weighted by atomic mass is 16.6. The van der Waals surface area contributed by atoms with Gasteiger partial charge in [-0.15, -0.1) is 0 Å². The molecule has 1 aliphatic heterocycles. The van der Waals surface area contributed by atoms with Crippen molar-refractivity contribution in [2.75, 3.05) is 13.2 Å². The van der Waals surface area contributed by atoms with Gasteiger partial charge in [0.2, 0.25) is 0 Å². The molecule has 2 aromatic rings. The van der Waals surface area contributed by atoms with Crippen LogP contribution in [0.25, 0.3) is 0 Å². The van der Waals surface area contributed by atoms with Crippen molar-refractivity contribution in [3.05, 3.63) is 63.6 Å². The molecule has 1 aromatic carbocycles. The third-order valence-corrected chi connectivity index (χ3v) is 4.08. The lowest BCUT2D eigenvalue weighted by Gasteiger charge is -2.12. The van der Waals surface area contributed by atoms with Crippen molar-refractivity contribution < 1.29 is 38.1 Å². The van der Waals surface area contributed by atoms with Gasteiger partial charge < -0.3 is 14.5 Å². The van der Waals surface area contributed by atoms with Gasteiger partial charge in [0.1, 0.15) is 17.9 Å². The Morgan fingerprint density at radius 1 is 1.13 bits per heavy atom. The molecule has 2 heterocycles. The van der Waals surface area contributed by atoms with Crippen LogP contribution in [0.1, 0.15) is 26.5 Å². The molecule has 31 heavy (non-hydrogen) atoms. The van der Waals surface area contributed by atoms with E-state index in [9.17, 15) is 34.1 Å². The Morgan fingerprint density at radius 2 is 1.90 bits per heavy atom. The van der Waals surface area contributed by atoms with Crippen molar-refractivity contribution in [3.8, 4) is 0 Å². The first-order valence-corrected chi connectivity index (χ1v) is 8.67. The van der Waals surface area contributed by atoms with Gasteiger partial charge in [-0.05, 0) is 18.2 Å². The number of hydrogen-bond acceptors (Lipinski definition) is 9. The van der Waals surface area contributed by atoms with E-state index in [1.165, 1.54) is 18.4 Å². The van der Waals surface area contributed by atoms with E-state index in [-0.39, 0.29) is 12.1 Å². The number of esters is 1. The number of carbonyl (C=O) groups is 5. The highest BCUT2D eigenvalue weighted by molar-refractivity contribution is 6.24. The molecule has 0 spiro atoms. The number of urea groups is 1. The summed E-state index contributed by atoms with van der Waals surface area (Å²) in [5.74, 6) is -3.55. The maximum atomic E-state index is 12.4. The maximum Gasteiger partial charge on any atom is 0.326 e. The number of nitro benzene ring substituents is 1. The SMILES string of the molecule is O=C(COC(=O)CN1C(=O)c2cccc([N+](=O)[O-])c2C1=O)NC(=O)NCc1ccco1. The molecule has 0 atom stereocenters. The third-order valence-electron chi connectivity index (χ3n) is 4.08. The number of carbonyl (C=O) groups excluding carboxylic acids is 5. The molecule has 0 fully saturated rings. The van der Waals surface area contributed by atoms with E-state index in [0.29, 0.717) is 10.7 Å². The monoisotopic (exact) mass is 430 g/mol. The molecule has 0 unspecified atom stereocenters. The van der Waals surface area contributed by atoms with Crippen LogP contribution in [0.5, 0.6) is 0 Å². The Hall–Kier alpha value is -4.55. The predicted octanol–water partition coefficient (Wildman–Crippen LogP) is 0.353. The van der Waals surface area contributed by atoms with E-state index in [0.717, 1.165) is 6.07 Å². The van der Waals surface area contributed by atoms with Crippen molar-refractivity contribution in [3.63, 3.8) is 0 Å². The molecular weight excluding hydrogens is 416 g/mol. The number of nitrogens with zero attached hydrogens (tertiary/aromatic N) is 2. The molecular formula is C18H14N4O9. The standard InChI is InChI=1S/C18H14N4O9/c23-13(20-18(27)19-7-10-3-2-6-30-10)9-31-14(24)8-21-16(25)11-4-1-5-12(22(28)29)15(11)17(21)26/h1-6H,7-9H2,(H2,19,20,23,27). The van der Waals surface area contributed by atoms with Crippen LogP contribution in [0.2, 0.25) is 0 Å². The second-order valence-corrected chi connectivity index (χ2v) is 6.12. The van der Waals surface area contributed by atoms with Gasteiger partial charge in [0.25, 0.3) is 23.4 Å². The number of furan rings is 1. The van der Waals surface area contributed by atoms with Gasteiger partial charge in [0.15, 0.2) is 6.61 Å². The minimum absolute atomic E-state index is 0.0256. The van der Waals surface area contributed by atoms with Gasteiger partial charge in [-0.2, -0.15) is 0 Å². The number of rotatable bonds is 7. The average molecular weight is 430 g/mol. The predicted molar refractivity (Wildman–Crippen MR) is 98.5 cm³/mol. The molecule has 2 N–H and O–H groups in total. The molecule has 0 saturated carbocycles. The van der Waals surface area contributed by atoms with Crippen LogP contribution in [0.4, 0.5) is 10.5 Å². The summed E-state index contributed by atoms with van der Waals surface area (Å²) < 4.78 is 9.66. The van der Waals surface area contributed by atoms with Crippen molar-refractivity contribution in [2.24, 2.45) is 0 Å². The van der Waals surface area contributed by atoms with Crippen LogP contribution in [0.3, 0.4) is 0 Å². The Balaban J connectivity index is 1.49. The summed E-state index contributed by atoms with van der Waals surface area (Å²) in [6, 6.07) is 5.90. The van der Waals surface area contributed by atoms with E-state index in [2.05, 4.69) is 10.1 Å². The molecule has 1 aromatic heterocycles. The minimum Gasteiger partial charge on any atom is -0.467 e. The molecule has 160 valence electrons. The van der Waals surface area contributed by atoms with Crippen LogP contribution < -0.4 is 10.6 Å². The molecule has 13 nitrogen and oxygen atoms in total. The quantitative estimate of drug-likeness (QED) is 0.271. The van der Waals surface area contributed by atoms with Crippen LogP contribution in [-0.2, 0) is 20.9 Å². The number of nitrogens with one attached hydrogen (secondary N) is 2. The largest absolute Gasteiger partial charge is 0.467 e. The second-order valence-electron chi connectivity index (χ2n) is 6.12. The average Bonchev–Trinajstić information content (AvgIpc) is 3.34. The summed E-state index contributed by atoms with van der Waals surface area (Å²) in [7, 11) is 0. The van der Waals surface area contributed by atoms with Gasteiger partial charge in [0, 0.05) is 6.07 Å². The Bertz CT molecular complexity index is 1080. The molecule has 0 bridgehead atoms. The Labute approximate surface area is 173 Å². The lowest BCUT2D eigenvalue weighted by Crippen LogP contribution is -2.42. The van der Waals surface area contributed by atoms with Crippen LogP contribution in [0.15, 0.2) is 41.0 Å². The zero-order chi connectivity index (χ0) is 22.5. The van der Waals surface area contributed by atoms with Crippen molar-refractivity contribution in [2.45, 2.75) is 6.54 Å². The lowest BCUT2D eigenvalue weighted by molar-refractivity contribution is -0.385. The zero-order valence-electron chi connectivity index (χ0n) is 15.7. The van der Waals surface area contributed by atoms with Crippen LogP contribution in [0, 0.1) is 10.1 Å². The third kappa shape index (κ3) is 4.72. The first-order valence-electron chi connectivity index (χ1n) is 8.67. The fourth-order valence-corrected chi connectivity index (χ4v) is 2.72. The summed E-state index contributed by atoms with van der Waals surface area (Å²) >= 11 is 0. The number of imide groups is 2. The molecule has 0 saturated heterocycles. The van der Waals surface area contributed by atoms with Crippen molar-refractivity contribution in [1.29, 1.82) is 0 Å².